The fourth-order valence-corrected chi connectivity index (χ4v) is 3.57. The third kappa shape index (κ3) is 5.42. The van der Waals surface area contributed by atoms with E-state index in [1.165, 1.54) is 36.9 Å². The van der Waals surface area contributed by atoms with E-state index in [1.807, 2.05) is 6.07 Å². The van der Waals surface area contributed by atoms with Gasteiger partial charge in [0.1, 0.15) is 5.75 Å². The fourth-order valence-electron chi connectivity index (χ4n) is 3.57. The summed E-state index contributed by atoms with van der Waals surface area (Å²) in [6, 6.07) is 17.1. The van der Waals surface area contributed by atoms with Gasteiger partial charge in [-0.25, -0.2) is 0 Å². The second-order valence-electron chi connectivity index (χ2n) is 7.08. The summed E-state index contributed by atoms with van der Waals surface area (Å²) < 4.78 is 5.90. The van der Waals surface area contributed by atoms with Gasteiger partial charge in [-0.1, -0.05) is 56.9 Å². The van der Waals surface area contributed by atoms with Crippen LogP contribution in [-0.4, -0.2) is 26.2 Å². The highest BCUT2D eigenvalue weighted by Gasteiger charge is 2.17. The Morgan fingerprint density at radius 3 is 2.81 bits per heavy atom. The second kappa shape index (κ2) is 10.1. The highest BCUT2D eigenvalue weighted by atomic mass is 16.5. The van der Waals surface area contributed by atoms with Crippen molar-refractivity contribution in [2.24, 2.45) is 0 Å². The van der Waals surface area contributed by atoms with Crippen molar-refractivity contribution in [3.8, 4) is 5.75 Å². The first kappa shape index (κ1) is 18.6. The van der Waals surface area contributed by atoms with Crippen LogP contribution >= 0.6 is 0 Å². The van der Waals surface area contributed by atoms with Crippen LogP contribution in [0.1, 0.15) is 44.6 Å². The number of unbranched alkanes of at least 4 members (excludes halogenated alkanes) is 4. The quantitative estimate of drug-likeness (QED) is 0.540. The van der Waals surface area contributed by atoms with Crippen LogP contribution in [0.25, 0.3) is 0 Å². The number of hydrogen-bond donors (Lipinski definition) is 1. The number of benzene rings is 2. The van der Waals surface area contributed by atoms with Gasteiger partial charge in [-0.3, -0.25) is 0 Å². The van der Waals surface area contributed by atoms with Gasteiger partial charge in [0.05, 0.1) is 6.61 Å². The number of ether oxygens (including phenoxy) is 1. The zero-order valence-electron chi connectivity index (χ0n) is 16.0. The summed E-state index contributed by atoms with van der Waals surface area (Å²) in [4.78, 5) is 2.47. The van der Waals surface area contributed by atoms with Gasteiger partial charge in [-0.05, 0) is 36.6 Å². The zero-order chi connectivity index (χ0) is 18.0. The molecule has 0 bridgehead atoms. The van der Waals surface area contributed by atoms with Crippen LogP contribution in [0.3, 0.4) is 0 Å². The number of anilines is 2. The Hall–Kier alpha value is -2.16. The molecule has 0 amide bonds. The monoisotopic (exact) mass is 352 g/mol. The predicted octanol–water partition coefficient (Wildman–Crippen LogP) is 5.51. The summed E-state index contributed by atoms with van der Waals surface area (Å²) >= 11 is 0. The molecule has 0 radical (unpaired) electrons. The molecule has 0 atom stereocenters. The maximum atomic E-state index is 5.90. The fraction of sp³-hybridized carbons (Fsp3) is 0.478. The first-order valence-electron chi connectivity index (χ1n) is 10.2. The molecule has 2 aromatic rings. The van der Waals surface area contributed by atoms with Crippen molar-refractivity contribution >= 4 is 11.4 Å². The van der Waals surface area contributed by atoms with Crippen molar-refractivity contribution in [2.75, 3.05) is 36.5 Å². The molecular weight excluding hydrogens is 320 g/mol. The van der Waals surface area contributed by atoms with E-state index in [-0.39, 0.29) is 0 Å². The van der Waals surface area contributed by atoms with Crippen molar-refractivity contribution in [1.29, 1.82) is 0 Å². The zero-order valence-corrected chi connectivity index (χ0v) is 16.0. The summed E-state index contributed by atoms with van der Waals surface area (Å²) in [7, 11) is 0. The van der Waals surface area contributed by atoms with E-state index in [0.717, 1.165) is 50.5 Å². The average molecular weight is 353 g/mol. The molecule has 0 saturated carbocycles. The Balaban J connectivity index is 1.39. The van der Waals surface area contributed by atoms with Gasteiger partial charge in [-0.15, -0.1) is 0 Å². The maximum Gasteiger partial charge on any atom is 0.121 e. The van der Waals surface area contributed by atoms with Crippen LogP contribution in [0, 0.1) is 0 Å². The smallest absolute Gasteiger partial charge is 0.121 e. The number of rotatable bonds is 11. The lowest BCUT2D eigenvalue weighted by atomic mass is 10.2. The first-order chi connectivity index (χ1) is 12.9. The van der Waals surface area contributed by atoms with Crippen molar-refractivity contribution in [3.05, 3.63) is 54.1 Å². The number of fused-ring (bicyclic) bond motifs is 1. The Morgan fingerprint density at radius 2 is 1.88 bits per heavy atom. The van der Waals surface area contributed by atoms with E-state index in [1.54, 1.807) is 0 Å². The molecule has 140 valence electrons. The van der Waals surface area contributed by atoms with E-state index >= 15 is 0 Å². The van der Waals surface area contributed by atoms with Gasteiger partial charge in [0, 0.05) is 37.1 Å². The predicted molar refractivity (Wildman–Crippen MR) is 112 cm³/mol. The highest BCUT2D eigenvalue weighted by molar-refractivity contribution is 5.58. The molecular formula is C23H32N2O. The molecule has 0 unspecified atom stereocenters. The molecule has 26 heavy (non-hydrogen) atoms. The number of para-hydroxylation sites is 1. The lowest BCUT2D eigenvalue weighted by Crippen LogP contribution is -2.27. The van der Waals surface area contributed by atoms with Gasteiger partial charge >= 0.3 is 0 Å². The average Bonchev–Trinajstić information content (AvgIpc) is 3.08. The molecule has 1 aliphatic heterocycles. The Bertz CT molecular complexity index is 671. The maximum absolute atomic E-state index is 5.90. The number of hydrogen-bond acceptors (Lipinski definition) is 3. The van der Waals surface area contributed by atoms with E-state index in [0.29, 0.717) is 0 Å². The van der Waals surface area contributed by atoms with Gasteiger partial charge in [-0.2, -0.15) is 0 Å². The van der Waals surface area contributed by atoms with E-state index in [9.17, 15) is 0 Å². The third-order valence-corrected chi connectivity index (χ3v) is 5.04. The molecule has 3 heteroatoms. The van der Waals surface area contributed by atoms with Crippen LogP contribution < -0.4 is 15.0 Å². The molecule has 3 rings (SSSR count). The lowest BCUT2D eigenvalue weighted by molar-refractivity contribution is 0.304. The Labute approximate surface area is 158 Å². The van der Waals surface area contributed by atoms with Crippen LogP contribution in [0.4, 0.5) is 11.4 Å². The van der Waals surface area contributed by atoms with Crippen molar-refractivity contribution in [2.45, 2.75) is 45.4 Å². The van der Waals surface area contributed by atoms with Crippen molar-refractivity contribution < 1.29 is 4.74 Å². The molecule has 0 aliphatic carbocycles. The van der Waals surface area contributed by atoms with Gasteiger partial charge in [0.15, 0.2) is 0 Å². The minimum absolute atomic E-state index is 0.817. The molecule has 0 fully saturated rings. The number of nitrogens with zero attached hydrogens (tertiary/aromatic N) is 1. The highest BCUT2D eigenvalue weighted by Crippen LogP contribution is 2.27. The topological polar surface area (TPSA) is 24.5 Å². The van der Waals surface area contributed by atoms with E-state index in [4.69, 9.17) is 4.74 Å². The summed E-state index contributed by atoms with van der Waals surface area (Å²) in [6.45, 7) is 6.16. The molecule has 2 aromatic carbocycles. The summed E-state index contributed by atoms with van der Waals surface area (Å²) in [5, 5.41) is 3.54. The Kier molecular flexibility index (Phi) is 7.24. The molecule has 1 heterocycles. The van der Waals surface area contributed by atoms with Crippen LogP contribution in [0.2, 0.25) is 0 Å². The van der Waals surface area contributed by atoms with Crippen molar-refractivity contribution in [1.82, 2.24) is 0 Å². The minimum atomic E-state index is 0.817. The number of nitrogens with one attached hydrogen (secondary N) is 1. The van der Waals surface area contributed by atoms with Crippen LogP contribution in [0.15, 0.2) is 48.5 Å². The second-order valence-corrected chi connectivity index (χ2v) is 7.08. The summed E-state index contributed by atoms with van der Waals surface area (Å²) in [6.07, 6.45) is 7.52. The minimum Gasteiger partial charge on any atom is -0.494 e. The SMILES string of the molecule is CCCCCCCOc1cccc(NCCN2CCc3ccccc32)c1. The third-order valence-electron chi connectivity index (χ3n) is 5.04. The van der Waals surface area contributed by atoms with Gasteiger partial charge in [0.2, 0.25) is 0 Å². The lowest BCUT2D eigenvalue weighted by Gasteiger charge is -2.20. The van der Waals surface area contributed by atoms with Gasteiger partial charge < -0.3 is 15.0 Å². The van der Waals surface area contributed by atoms with Crippen LogP contribution in [0.5, 0.6) is 5.75 Å². The summed E-state index contributed by atoms with van der Waals surface area (Å²) in [5.41, 5.74) is 4.01. The largest absolute Gasteiger partial charge is 0.494 e. The normalized spacial score (nSPS) is 12.9. The molecule has 1 aliphatic rings. The van der Waals surface area contributed by atoms with E-state index in [2.05, 4.69) is 59.6 Å². The molecule has 3 nitrogen and oxygen atoms in total. The molecule has 0 aromatic heterocycles. The van der Waals surface area contributed by atoms with Gasteiger partial charge in [0.25, 0.3) is 0 Å². The summed E-state index contributed by atoms with van der Waals surface area (Å²) in [5.74, 6) is 0.969. The van der Waals surface area contributed by atoms with Crippen molar-refractivity contribution in [3.63, 3.8) is 0 Å². The Morgan fingerprint density at radius 1 is 1.00 bits per heavy atom. The standard InChI is InChI=1S/C23H32N2O/c1-2-3-4-5-8-18-26-22-12-9-11-21(19-22)24-15-17-25-16-14-20-10-6-7-13-23(20)25/h6-7,9-13,19,24H,2-5,8,14-18H2,1H3. The van der Waals surface area contributed by atoms with Crippen LogP contribution in [-0.2, 0) is 6.42 Å². The molecule has 0 saturated heterocycles. The molecule has 0 spiro atoms. The van der Waals surface area contributed by atoms with E-state index < -0.39 is 0 Å². The molecule has 1 N–H and O–H groups in total. The first-order valence-corrected chi connectivity index (χ1v) is 10.2.